The summed E-state index contributed by atoms with van der Waals surface area (Å²) in [4.78, 5) is 0. The fourth-order valence-electron chi connectivity index (χ4n) is 2.28. The predicted molar refractivity (Wildman–Crippen MR) is 81.2 cm³/mol. The smallest absolute Gasteiger partial charge is 0.124 e. The van der Waals surface area contributed by atoms with Crippen molar-refractivity contribution in [2.75, 3.05) is 13.7 Å². The molecule has 0 aliphatic carbocycles. The van der Waals surface area contributed by atoms with E-state index in [1.165, 1.54) is 0 Å². The van der Waals surface area contributed by atoms with Gasteiger partial charge in [-0.1, -0.05) is 30.3 Å². The predicted octanol–water partition coefficient (Wildman–Crippen LogP) is 3.32. The van der Waals surface area contributed by atoms with Crippen molar-refractivity contribution in [1.29, 1.82) is 0 Å². The summed E-state index contributed by atoms with van der Waals surface area (Å²) in [6, 6.07) is 15.7. The van der Waals surface area contributed by atoms with E-state index in [4.69, 9.17) is 15.2 Å². The van der Waals surface area contributed by atoms with Crippen molar-refractivity contribution < 1.29 is 9.47 Å². The molecule has 0 saturated heterocycles. The van der Waals surface area contributed by atoms with Crippen LogP contribution in [0.4, 0.5) is 0 Å². The van der Waals surface area contributed by atoms with E-state index in [1.807, 2.05) is 62.4 Å². The first-order valence-corrected chi connectivity index (χ1v) is 6.75. The van der Waals surface area contributed by atoms with Crippen LogP contribution in [0.15, 0.2) is 48.5 Å². The fraction of sp³-hybridized carbons (Fsp3) is 0.294. The Labute approximate surface area is 120 Å². The zero-order valence-electron chi connectivity index (χ0n) is 12.2. The third kappa shape index (κ3) is 2.78. The first kappa shape index (κ1) is 14.4. The molecule has 2 N–H and O–H groups in total. The highest BCUT2D eigenvalue weighted by molar-refractivity contribution is 5.47. The van der Waals surface area contributed by atoms with Gasteiger partial charge in [0.25, 0.3) is 0 Å². The molecule has 1 atom stereocenters. The summed E-state index contributed by atoms with van der Waals surface area (Å²) in [5.41, 5.74) is 7.90. The summed E-state index contributed by atoms with van der Waals surface area (Å²) < 4.78 is 11.0. The van der Waals surface area contributed by atoms with E-state index in [0.717, 1.165) is 22.6 Å². The molecule has 3 nitrogen and oxygen atoms in total. The summed E-state index contributed by atoms with van der Waals surface area (Å²) in [7, 11) is 1.65. The zero-order valence-corrected chi connectivity index (χ0v) is 12.2. The van der Waals surface area contributed by atoms with Crippen LogP contribution in [0.5, 0.6) is 11.5 Å². The van der Waals surface area contributed by atoms with Crippen LogP contribution in [0.2, 0.25) is 0 Å². The number of hydrogen-bond donors (Lipinski definition) is 1. The molecule has 0 aromatic heterocycles. The van der Waals surface area contributed by atoms with Gasteiger partial charge in [-0.25, -0.2) is 0 Å². The Bertz CT molecular complexity index is 579. The summed E-state index contributed by atoms with van der Waals surface area (Å²) in [6.07, 6.45) is 0. The third-order valence-corrected chi connectivity index (χ3v) is 3.42. The van der Waals surface area contributed by atoms with Crippen LogP contribution in [0, 0.1) is 0 Å². The van der Waals surface area contributed by atoms with Gasteiger partial charge in [-0.05, 0) is 37.6 Å². The van der Waals surface area contributed by atoms with Gasteiger partial charge in [0.15, 0.2) is 0 Å². The lowest BCUT2D eigenvalue weighted by Gasteiger charge is -2.28. The molecule has 20 heavy (non-hydrogen) atoms. The minimum atomic E-state index is -0.639. The standard InChI is InChI=1S/C17H21NO2/c1-4-20-16-11-6-5-10-15(16)17(2,18)13-8-7-9-14(12-13)19-3/h5-12H,4,18H2,1-3H3. The molecule has 0 aliphatic heterocycles. The molecule has 0 radical (unpaired) electrons. The van der Waals surface area contributed by atoms with Crippen LogP contribution in [-0.4, -0.2) is 13.7 Å². The Balaban J connectivity index is 2.48. The van der Waals surface area contributed by atoms with Crippen molar-refractivity contribution in [3.05, 3.63) is 59.7 Å². The van der Waals surface area contributed by atoms with Gasteiger partial charge in [-0.15, -0.1) is 0 Å². The van der Waals surface area contributed by atoms with E-state index in [9.17, 15) is 0 Å². The van der Waals surface area contributed by atoms with Gasteiger partial charge in [0, 0.05) is 5.56 Å². The molecule has 0 amide bonds. The van der Waals surface area contributed by atoms with Gasteiger partial charge >= 0.3 is 0 Å². The topological polar surface area (TPSA) is 44.5 Å². The molecule has 0 bridgehead atoms. The number of para-hydroxylation sites is 1. The van der Waals surface area contributed by atoms with E-state index in [-0.39, 0.29) is 0 Å². The highest BCUT2D eigenvalue weighted by atomic mass is 16.5. The van der Waals surface area contributed by atoms with Crippen molar-refractivity contribution in [2.45, 2.75) is 19.4 Å². The lowest BCUT2D eigenvalue weighted by atomic mass is 9.85. The quantitative estimate of drug-likeness (QED) is 0.907. The van der Waals surface area contributed by atoms with Gasteiger partial charge in [0.05, 0.1) is 19.3 Å². The maximum Gasteiger partial charge on any atom is 0.124 e. The SMILES string of the molecule is CCOc1ccccc1C(C)(N)c1cccc(OC)c1. The van der Waals surface area contributed by atoms with Crippen LogP contribution in [0.3, 0.4) is 0 Å². The molecule has 0 aliphatic rings. The van der Waals surface area contributed by atoms with Gasteiger partial charge in [-0.2, -0.15) is 0 Å². The molecule has 0 spiro atoms. The largest absolute Gasteiger partial charge is 0.497 e. The molecule has 0 saturated carbocycles. The van der Waals surface area contributed by atoms with Crippen molar-refractivity contribution in [3.8, 4) is 11.5 Å². The van der Waals surface area contributed by atoms with E-state index in [0.29, 0.717) is 6.61 Å². The van der Waals surface area contributed by atoms with Gasteiger partial charge in [0.2, 0.25) is 0 Å². The molecule has 2 aromatic carbocycles. The number of methoxy groups -OCH3 is 1. The van der Waals surface area contributed by atoms with Crippen molar-refractivity contribution in [2.24, 2.45) is 5.73 Å². The minimum absolute atomic E-state index is 0.616. The number of benzene rings is 2. The summed E-state index contributed by atoms with van der Waals surface area (Å²) in [5.74, 6) is 1.62. The maximum absolute atomic E-state index is 6.58. The number of nitrogens with two attached hydrogens (primary N) is 1. The molecule has 0 fully saturated rings. The molecule has 3 heteroatoms. The second-order valence-electron chi connectivity index (χ2n) is 4.86. The molecular formula is C17H21NO2. The summed E-state index contributed by atoms with van der Waals surface area (Å²) in [5, 5.41) is 0. The average molecular weight is 271 g/mol. The zero-order chi connectivity index (χ0) is 14.6. The molecule has 2 aromatic rings. The Morgan fingerprint density at radius 1 is 1.10 bits per heavy atom. The Hall–Kier alpha value is -2.00. The lowest BCUT2D eigenvalue weighted by Crippen LogP contribution is -2.34. The summed E-state index contributed by atoms with van der Waals surface area (Å²) in [6.45, 7) is 4.57. The number of ether oxygens (including phenoxy) is 2. The van der Waals surface area contributed by atoms with Crippen molar-refractivity contribution in [3.63, 3.8) is 0 Å². The van der Waals surface area contributed by atoms with E-state index in [2.05, 4.69) is 0 Å². The highest BCUT2D eigenvalue weighted by Gasteiger charge is 2.27. The van der Waals surface area contributed by atoms with E-state index >= 15 is 0 Å². The number of hydrogen-bond acceptors (Lipinski definition) is 3. The summed E-state index contributed by atoms with van der Waals surface area (Å²) >= 11 is 0. The first-order chi connectivity index (χ1) is 9.59. The Kier molecular flexibility index (Phi) is 4.30. The second kappa shape index (κ2) is 5.97. The van der Waals surface area contributed by atoms with Crippen LogP contribution in [0.1, 0.15) is 25.0 Å². The minimum Gasteiger partial charge on any atom is -0.497 e. The van der Waals surface area contributed by atoms with E-state index < -0.39 is 5.54 Å². The first-order valence-electron chi connectivity index (χ1n) is 6.75. The van der Waals surface area contributed by atoms with Crippen molar-refractivity contribution >= 4 is 0 Å². The molecule has 0 heterocycles. The Morgan fingerprint density at radius 3 is 2.55 bits per heavy atom. The van der Waals surface area contributed by atoms with Gasteiger partial charge < -0.3 is 15.2 Å². The highest BCUT2D eigenvalue weighted by Crippen LogP contribution is 2.34. The van der Waals surface area contributed by atoms with Crippen LogP contribution >= 0.6 is 0 Å². The van der Waals surface area contributed by atoms with E-state index in [1.54, 1.807) is 7.11 Å². The van der Waals surface area contributed by atoms with Gasteiger partial charge in [0.1, 0.15) is 11.5 Å². The molecular weight excluding hydrogens is 250 g/mol. The van der Waals surface area contributed by atoms with Crippen molar-refractivity contribution in [1.82, 2.24) is 0 Å². The second-order valence-corrected chi connectivity index (χ2v) is 4.86. The van der Waals surface area contributed by atoms with Crippen LogP contribution in [-0.2, 0) is 5.54 Å². The van der Waals surface area contributed by atoms with Crippen LogP contribution in [0.25, 0.3) is 0 Å². The Morgan fingerprint density at radius 2 is 1.85 bits per heavy atom. The normalized spacial score (nSPS) is 13.6. The maximum atomic E-state index is 6.58. The molecule has 2 rings (SSSR count). The molecule has 106 valence electrons. The molecule has 1 unspecified atom stereocenters. The lowest BCUT2D eigenvalue weighted by molar-refractivity contribution is 0.330. The third-order valence-electron chi connectivity index (χ3n) is 3.42. The average Bonchev–Trinajstić information content (AvgIpc) is 2.48. The monoisotopic (exact) mass is 271 g/mol. The fourth-order valence-corrected chi connectivity index (χ4v) is 2.28. The number of rotatable bonds is 5. The van der Waals surface area contributed by atoms with Crippen LogP contribution < -0.4 is 15.2 Å². The van der Waals surface area contributed by atoms with Gasteiger partial charge in [-0.3, -0.25) is 0 Å².